The quantitative estimate of drug-likeness (QED) is 0.892. The molecule has 18 heavy (non-hydrogen) atoms. The first-order valence-corrected chi connectivity index (χ1v) is 7.32. The molecular formula is C12H11Br2N3O. The lowest BCUT2D eigenvalue weighted by Gasteiger charge is -1.99. The molecule has 1 aromatic carbocycles. The van der Waals surface area contributed by atoms with Crippen molar-refractivity contribution in [1.29, 1.82) is 0 Å². The van der Waals surface area contributed by atoms with Gasteiger partial charge in [0.2, 0.25) is 0 Å². The molecule has 94 valence electrons. The Kier molecular flexibility index (Phi) is 3.50. The zero-order valence-corrected chi connectivity index (χ0v) is 12.7. The van der Waals surface area contributed by atoms with Crippen LogP contribution < -0.4 is 5.32 Å². The van der Waals surface area contributed by atoms with E-state index >= 15 is 0 Å². The van der Waals surface area contributed by atoms with Gasteiger partial charge in [-0.05, 0) is 47.0 Å². The van der Waals surface area contributed by atoms with Gasteiger partial charge < -0.3 is 9.84 Å². The van der Waals surface area contributed by atoms with Crippen LogP contribution >= 0.6 is 31.9 Å². The van der Waals surface area contributed by atoms with E-state index in [1.165, 1.54) is 12.8 Å². The Morgan fingerprint density at radius 1 is 1.33 bits per heavy atom. The number of aromatic nitrogens is 2. The van der Waals surface area contributed by atoms with Crippen LogP contribution in [0.3, 0.4) is 0 Å². The Labute approximate surface area is 121 Å². The van der Waals surface area contributed by atoms with Crippen molar-refractivity contribution in [2.75, 3.05) is 0 Å². The third kappa shape index (κ3) is 2.81. The number of rotatable bonds is 4. The molecule has 1 aromatic heterocycles. The van der Waals surface area contributed by atoms with Gasteiger partial charge in [-0.25, -0.2) is 0 Å². The zero-order chi connectivity index (χ0) is 12.5. The molecule has 1 saturated carbocycles. The summed E-state index contributed by atoms with van der Waals surface area (Å²) >= 11 is 6.92. The van der Waals surface area contributed by atoms with E-state index in [2.05, 4.69) is 47.3 Å². The number of halogens is 2. The standard InChI is InChI=1S/C12H11Br2N3O/c13-7-1-4-10(14)9(5-7)12-16-11(17-18-12)6-15-8-2-3-8/h1,4-5,8,15H,2-3,6H2. The van der Waals surface area contributed by atoms with Crippen LogP contribution in [0.4, 0.5) is 0 Å². The van der Waals surface area contributed by atoms with Gasteiger partial charge in [-0.15, -0.1) is 0 Å². The predicted molar refractivity (Wildman–Crippen MR) is 75.0 cm³/mol. The fourth-order valence-electron chi connectivity index (χ4n) is 1.62. The minimum absolute atomic E-state index is 0.538. The van der Waals surface area contributed by atoms with Crippen molar-refractivity contribution in [1.82, 2.24) is 15.5 Å². The lowest BCUT2D eigenvalue weighted by atomic mass is 10.2. The average Bonchev–Trinajstić information content (AvgIpc) is 3.08. The molecule has 0 spiro atoms. The average molecular weight is 373 g/mol. The van der Waals surface area contributed by atoms with Gasteiger partial charge >= 0.3 is 0 Å². The summed E-state index contributed by atoms with van der Waals surface area (Å²) in [5.74, 6) is 1.24. The number of nitrogens with one attached hydrogen (secondary N) is 1. The normalized spacial score (nSPS) is 15.0. The molecule has 0 radical (unpaired) electrons. The molecule has 1 N–H and O–H groups in total. The monoisotopic (exact) mass is 371 g/mol. The van der Waals surface area contributed by atoms with Crippen molar-refractivity contribution in [2.24, 2.45) is 0 Å². The molecule has 0 saturated heterocycles. The van der Waals surface area contributed by atoms with Gasteiger partial charge in [0.1, 0.15) is 0 Å². The Morgan fingerprint density at radius 2 is 2.17 bits per heavy atom. The third-order valence-corrected chi connectivity index (χ3v) is 3.94. The second kappa shape index (κ2) is 5.11. The first kappa shape index (κ1) is 12.3. The van der Waals surface area contributed by atoms with Crippen LogP contribution in [0.1, 0.15) is 18.7 Å². The highest BCUT2D eigenvalue weighted by molar-refractivity contribution is 9.11. The summed E-state index contributed by atoms with van der Waals surface area (Å²) in [6, 6.07) is 6.51. The summed E-state index contributed by atoms with van der Waals surface area (Å²) in [7, 11) is 0. The van der Waals surface area contributed by atoms with E-state index in [1.54, 1.807) is 0 Å². The lowest BCUT2D eigenvalue weighted by molar-refractivity contribution is 0.419. The molecule has 0 aliphatic heterocycles. The Bertz CT molecular complexity index is 566. The zero-order valence-electron chi connectivity index (χ0n) is 9.49. The van der Waals surface area contributed by atoms with Crippen LogP contribution in [0.25, 0.3) is 11.5 Å². The summed E-state index contributed by atoms with van der Waals surface area (Å²) in [6.45, 7) is 0.666. The number of benzene rings is 1. The van der Waals surface area contributed by atoms with E-state index in [0.29, 0.717) is 24.3 Å². The van der Waals surface area contributed by atoms with Crippen molar-refractivity contribution >= 4 is 31.9 Å². The van der Waals surface area contributed by atoms with E-state index < -0.39 is 0 Å². The van der Waals surface area contributed by atoms with Crippen molar-refractivity contribution in [3.63, 3.8) is 0 Å². The second-order valence-electron chi connectivity index (χ2n) is 4.30. The summed E-state index contributed by atoms with van der Waals surface area (Å²) in [5.41, 5.74) is 0.898. The summed E-state index contributed by atoms with van der Waals surface area (Å²) in [6.07, 6.45) is 2.50. The largest absolute Gasteiger partial charge is 0.334 e. The molecule has 1 aliphatic carbocycles. The van der Waals surface area contributed by atoms with E-state index in [4.69, 9.17) is 4.52 Å². The second-order valence-corrected chi connectivity index (χ2v) is 6.07. The van der Waals surface area contributed by atoms with Gasteiger partial charge in [0.25, 0.3) is 5.89 Å². The third-order valence-electron chi connectivity index (χ3n) is 2.75. The molecule has 6 heteroatoms. The Morgan fingerprint density at radius 3 is 2.94 bits per heavy atom. The molecule has 1 heterocycles. The SMILES string of the molecule is Brc1ccc(Br)c(-c2nc(CNC3CC3)no2)c1. The number of hydrogen-bond donors (Lipinski definition) is 1. The summed E-state index contributed by atoms with van der Waals surface area (Å²) in [5, 5.41) is 7.34. The lowest BCUT2D eigenvalue weighted by Crippen LogP contribution is -2.16. The smallest absolute Gasteiger partial charge is 0.259 e. The van der Waals surface area contributed by atoms with Gasteiger partial charge in [0, 0.05) is 15.0 Å². The summed E-state index contributed by atoms with van der Waals surface area (Å²) < 4.78 is 7.21. The molecule has 3 rings (SSSR count). The van der Waals surface area contributed by atoms with Gasteiger partial charge in [-0.1, -0.05) is 21.1 Å². The van der Waals surface area contributed by atoms with Gasteiger partial charge in [-0.2, -0.15) is 4.98 Å². The topological polar surface area (TPSA) is 51.0 Å². The molecular weight excluding hydrogens is 362 g/mol. The highest BCUT2D eigenvalue weighted by atomic mass is 79.9. The van der Waals surface area contributed by atoms with E-state index in [-0.39, 0.29) is 0 Å². The number of hydrogen-bond acceptors (Lipinski definition) is 4. The van der Waals surface area contributed by atoms with E-state index in [1.807, 2.05) is 18.2 Å². The molecule has 1 aliphatic rings. The maximum absolute atomic E-state index is 5.29. The van der Waals surface area contributed by atoms with Crippen molar-refractivity contribution in [3.8, 4) is 11.5 Å². The van der Waals surface area contributed by atoms with E-state index in [0.717, 1.165) is 14.5 Å². The minimum atomic E-state index is 0.538. The predicted octanol–water partition coefficient (Wildman–Crippen LogP) is 3.51. The van der Waals surface area contributed by atoms with Crippen LogP contribution in [0, 0.1) is 0 Å². The molecule has 2 aromatic rings. The van der Waals surface area contributed by atoms with Crippen molar-refractivity contribution in [2.45, 2.75) is 25.4 Å². The molecule has 0 atom stereocenters. The fraction of sp³-hybridized carbons (Fsp3) is 0.333. The Balaban J connectivity index is 1.80. The molecule has 1 fully saturated rings. The minimum Gasteiger partial charge on any atom is -0.334 e. The van der Waals surface area contributed by atoms with Gasteiger partial charge in [0.05, 0.1) is 12.1 Å². The van der Waals surface area contributed by atoms with Crippen LogP contribution in [0.2, 0.25) is 0 Å². The highest BCUT2D eigenvalue weighted by Crippen LogP contribution is 2.29. The van der Waals surface area contributed by atoms with Crippen LogP contribution in [-0.2, 0) is 6.54 Å². The fourth-order valence-corrected chi connectivity index (χ4v) is 2.40. The van der Waals surface area contributed by atoms with Crippen molar-refractivity contribution < 1.29 is 4.52 Å². The maximum atomic E-state index is 5.29. The van der Waals surface area contributed by atoms with Crippen LogP contribution in [-0.4, -0.2) is 16.2 Å². The first-order chi connectivity index (χ1) is 8.72. The van der Waals surface area contributed by atoms with Crippen molar-refractivity contribution in [3.05, 3.63) is 33.0 Å². The van der Waals surface area contributed by atoms with Crippen LogP contribution in [0.15, 0.2) is 31.7 Å². The van der Waals surface area contributed by atoms with Gasteiger partial charge in [-0.3, -0.25) is 0 Å². The van der Waals surface area contributed by atoms with Crippen LogP contribution in [0.5, 0.6) is 0 Å². The molecule has 0 unspecified atom stereocenters. The summed E-state index contributed by atoms with van der Waals surface area (Å²) in [4.78, 5) is 4.39. The van der Waals surface area contributed by atoms with E-state index in [9.17, 15) is 0 Å². The molecule has 0 amide bonds. The van der Waals surface area contributed by atoms with Gasteiger partial charge in [0.15, 0.2) is 5.82 Å². The molecule has 0 bridgehead atoms. The molecule has 4 nitrogen and oxygen atoms in total. The first-order valence-electron chi connectivity index (χ1n) is 5.74. The Hall–Kier alpha value is -0.720. The highest BCUT2D eigenvalue weighted by Gasteiger charge is 2.21. The number of nitrogens with zero attached hydrogens (tertiary/aromatic N) is 2. The maximum Gasteiger partial charge on any atom is 0.259 e.